The van der Waals surface area contributed by atoms with Crippen LogP contribution in [-0.2, 0) is 9.59 Å². The first-order valence-corrected chi connectivity index (χ1v) is 7.92. The lowest BCUT2D eigenvalue weighted by Gasteiger charge is -2.36. The average Bonchev–Trinajstić information content (AvgIpc) is 2.53. The molecule has 1 aromatic carbocycles. The van der Waals surface area contributed by atoms with Gasteiger partial charge in [-0.15, -0.1) is 0 Å². The summed E-state index contributed by atoms with van der Waals surface area (Å²) in [6.45, 7) is 0.582. The highest BCUT2D eigenvalue weighted by Gasteiger charge is 2.28. The minimum atomic E-state index is -1.06. The Morgan fingerprint density at radius 2 is 2.13 bits per heavy atom. The summed E-state index contributed by atoms with van der Waals surface area (Å²) in [7, 11) is 0. The summed E-state index contributed by atoms with van der Waals surface area (Å²) in [5.41, 5.74) is 0.373. The molecule has 0 aromatic heterocycles. The van der Waals surface area contributed by atoms with Crippen molar-refractivity contribution in [1.82, 2.24) is 4.90 Å². The quantitative estimate of drug-likeness (QED) is 0.843. The van der Waals surface area contributed by atoms with Gasteiger partial charge in [0.15, 0.2) is 0 Å². The molecule has 1 heterocycles. The molecule has 2 rings (SSSR count). The van der Waals surface area contributed by atoms with Crippen LogP contribution in [-0.4, -0.2) is 39.6 Å². The van der Waals surface area contributed by atoms with Crippen LogP contribution in [0.25, 0.3) is 0 Å². The van der Waals surface area contributed by atoms with Crippen molar-refractivity contribution in [3.63, 3.8) is 0 Å². The third-order valence-corrected chi connectivity index (χ3v) is 4.24. The molecular weight excluding hydrogens is 301 g/mol. The number of carbonyl (C=O) groups excluding carboxylic acids is 1. The van der Waals surface area contributed by atoms with Gasteiger partial charge >= 0.3 is 5.97 Å². The topological polar surface area (TPSA) is 77.8 Å². The van der Waals surface area contributed by atoms with Crippen LogP contribution in [0.1, 0.15) is 50.2 Å². The summed E-state index contributed by atoms with van der Waals surface area (Å²) in [5.74, 6) is -1.54. The minimum Gasteiger partial charge on any atom is -0.481 e. The van der Waals surface area contributed by atoms with Gasteiger partial charge in [0.05, 0.1) is 12.5 Å². The molecule has 2 N–H and O–H groups in total. The van der Waals surface area contributed by atoms with Crippen LogP contribution in [0.3, 0.4) is 0 Å². The highest BCUT2D eigenvalue weighted by molar-refractivity contribution is 5.77. The molecule has 0 radical (unpaired) electrons. The van der Waals surface area contributed by atoms with E-state index in [4.69, 9.17) is 5.11 Å². The van der Waals surface area contributed by atoms with Gasteiger partial charge in [-0.3, -0.25) is 9.59 Å². The van der Waals surface area contributed by atoms with E-state index >= 15 is 0 Å². The Morgan fingerprint density at radius 3 is 2.83 bits per heavy atom. The fraction of sp³-hybridized carbons (Fsp3) is 0.529. The lowest BCUT2D eigenvalue weighted by Crippen LogP contribution is -2.44. The fourth-order valence-electron chi connectivity index (χ4n) is 3.03. The summed E-state index contributed by atoms with van der Waals surface area (Å²) >= 11 is 0. The van der Waals surface area contributed by atoms with E-state index in [9.17, 15) is 19.1 Å². The number of amides is 1. The Hall–Kier alpha value is -1.95. The maximum absolute atomic E-state index is 13.2. The number of hydrogen-bond donors (Lipinski definition) is 2. The van der Waals surface area contributed by atoms with Gasteiger partial charge in [0.1, 0.15) is 5.82 Å². The zero-order chi connectivity index (χ0) is 16.8. The number of aliphatic hydroxyl groups is 1. The number of carbonyl (C=O) groups is 2. The second-order valence-electron chi connectivity index (χ2n) is 5.94. The summed E-state index contributed by atoms with van der Waals surface area (Å²) < 4.78 is 13.2. The molecule has 0 unspecified atom stereocenters. The van der Waals surface area contributed by atoms with Crippen molar-refractivity contribution >= 4 is 11.9 Å². The van der Waals surface area contributed by atoms with Crippen molar-refractivity contribution in [2.45, 2.75) is 50.7 Å². The number of aliphatic hydroxyl groups excluding tert-OH is 1. The minimum absolute atomic E-state index is 0.0287. The number of carboxylic acid groups (broad SMARTS) is 1. The summed E-state index contributed by atoms with van der Waals surface area (Å²) in [5, 5.41) is 19.0. The van der Waals surface area contributed by atoms with Crippen molar-refractivity contribution in [1.29, 1.82) is 0 Å². The highest BCUT2D eigenvalue weighted by Crippen LogP contribution is 2.25. The normalized spacial score (nSPS) is 19.4. The highest BCUT2D eigenvalue weighted by atomic mass is 19.1. The molecule has 1 aliphatic rings. The lowest BCUT2D eigenvalue weighted by molar-refractivity contribution is -0.141. The van der Waals surface area contributed by atoms with Gasteiger partial charge in [-0.05, 0) is 43.4 Å². The van der Waals surface area contributed by atoms with E-state index in [2.05, 4.69) is 0 Å². The van der Waals surface area contributed by atoms with E-state index in [0.717, 1.165) is 19.3 Å². The van der Waals surface area contributed by atoms with Gasteiger partial charge in [-0.2, -0.15) is 0 Å². The van der Waals surface area contributed by atoms with Crippen LogP contribution >= 0.6 is 0 Å². The van der Waals surface area contributed by atoms with Gasteiger partial charge in [-0.1, -0.05) is 12.1 Å². The molecule has 6 heteroatoms. The smallest absolute Gasteiger partial charge is 0.303 e. The van der Waals surface area contributed by atoms with E-state index < -0.39 is 17.9 Å². The molecule has 1 fully saturated rings. The lowest BCUT2D eigenvalue weighted by atomic mass is 9.96. The molecule has 0 spiro atoms. The maximum atomic E-state index is 13.2. The van der Waals surface area contributed by atoms with Gasteiger partial charge in [-0.25, -0.2) is 4.39 Å². The zero-order valence-corrected chi connectivity index (χ0v) is 12.9. The molecule has 5 nitrogen and oxygen atoms in total. The van der Waals surface area contributed by atoms with E-state index in [0.29, 0.717) is 18.5 Å². The number of benzene rings is 1. The molecule has 1 aromatic rings. The Balaban J connectivity index is 1.98. The third-order valence-electron chi connectivity index (χ3n) is 4.24. The molecule has 126 valence electrons. The van der Waals surface area contributed by atoms with Crippen LogP contribution in [0.5, 0.6) is 0 Å². The molecule has 0 bridgehead atoms. The Kier molecular flexibility index (Phi) is 6.10. The Morgan fingerprint density at radius 1 is 1.35 bits per heavy atom. The summed E-state index contributed by atoms with van der Waals surface area (Å²) in [4.78, 5) is 24.9. The number of carboxylic acids is 1. The fourth-order valence-corrected chi connectivity index (χ4v) is 3.03. The standard InChI is InChI=1S/C17H22FNO4/c18-13-5-3-4-12(10-13)15(20)11-16(21)19-9-2-1-6-14(19)7-8-17(22)23/h3-5,10,14-15,20H,1-2,6-9,11H2,(H,22,23)/t14-,15+/m1/s1. The van der Waals surface area contributed by atoms with Crippen molar-refractivity contribution in [3.8, 4) is 0 Å². The van der Waals surface area contributed by atoms with Crippen molar-refractivity contribution in [2.75, 3.05) is 6.54 Å². The molecule has 2 atom stereocenters. The van der Waals surface area contributed by atoms with Crippen molar-refractivity contribution in [2.24, 2.45) is 0 Å². The number of rotatable bonds is 6. The average molecular weight is 323 g/mol. The van der Waals surface area contributed by atoms with Crippen LogP contribution < -0.4 is 0 Å². The van der Waals surface area contributed by atoms with Gasteiger partial charge in [0.25, 0.3) is 0 Å². The molecule has 0 aliphatic carbocycles. The second-order valence-corrected chi connectivity index (χ2v) is 5.94. The summed E-state index contributed by atoms with van der Waals surface area (Å²) in [6.07, 6.45) is 1.92. The number of halogens is 1. The second kappa shape index (κ2) is 8.06. The van der Waals surface area contributed by atoms with Gasteiger partial charge in [0.2, 0.25) is 5.91 Å². The van der Waals surface area contributed by atoms with Gasteiger partial charge in [0, 0.05) is 19.0 Å². The SMILES string of the molecule is O=C(O)CC[C@H]1CCCCN1C(=O)C[C@H](O)c1cccc(F)c1. The largest absolute Gasteiger partial charge is 0.481 e. The van der Waals surface area contributed by atoms with E-state index in [1.807, 2.05) is 0 Å². The molecule has 1 amide bonds. The van der Waals surface area contributed by atoms with Crippen LogP contribution in [0, 0.1) is 5.82 Å². The first kappa shape index (κ1) is 17.4. The number of hydrogen-bond acceptors (Lipinski definition) is 3. The number of nitrogens with zero attached hydrogens (tertiary/aromatic N) is 1. The van der Waals surface area contributed by atoms with E-state index in [-0.39, 0.29) is 24.8 Å². The van der Waals surface area contributed by atoms with E-state index in [1.54, 1.807) is 11.0 Å². The van der Waals surface area contributed by atoms with E-state index in [1.165, 1.54) is 18.2 Å². The zero-order valence-electron chi connectivity index (χ0n) is 12.9. The molecule has 1 aliphatic heterocycles. The molecular formula is C17H22FNO4. The number of aliphatic carboxylic acids is 1. The molecule has 0 saturated carbocycles. The monoisotopic (exact) mass is 323 g/mol. The molecule has 23 heavy (non-hydrogen) atoms. The van der Waals surface area contributed by atoms with Crippen molar-refractivity contribution < 1.29 is 24.2 Å². The van der Waals surface area contributed by atoms with Crippen LogP contribution in [0.15, 0.2) is 24.3 Å². The Bertz CT molecular complexity index is 563. The number of likely N-dealkylation sites (tertiary alicyclic amines) is 1. The molecule has 1 saturated heterocycles. The Labute approximate surface area is 134 Å². The maximum Gasteiger partial charge on any atom is 0.303 e. The predicted molar refractivity (Wildman–Crippen MR) is 82.2 cm³/mol. The van der Waals surface area contributed by atoms with Gasteiger partial charge < -0.3 is 15.1 Å². The predicted octanol–water partition coefficient (Wildman–Crippen LogP) is 2.50. The third kappa shape index (κ3) is 5.03. The first-order valence-electron chi connectivity index (χ1n) is 7.92. The number of piperidine rings is 1. The van der Waals surface area contributed by atoms with Crippen LogP contribution in [0.2, 0.25) is 0 Å². The first-order chi connectivity index (χ1) is 11.0. The van der Waals surface area contributed by atoms with Crippen molar-refractivity contribution in [3.05, 3.63) is 35.6 Å². The van der Waals surface area contributed by atoms with Crippen LogP contribution in [0.4, 0.5) is 4.39 Å². The summed E-state index contributed by atoms with van der Waals surface area (Å²) in [6, 6.07) is 5.49.